The molecule has 0 N–H and O–H groups in total. The highest BCUT2D eigenvalue weighted by Gasteiger charge is 2.03. The maximum Gasteiger partial charge on any atom is 0.0877 e. The van der Waals surface area contributed by atoms with E-state index in [9.17, 15) is 0 Å². The van der Waals surface area contributed by atoms with E-state index < -0.39 is 0 Å². The van der Waals surface area contributed by atoms with Crippen LogP contribution < -0.4 is 9.80 Å². The van der Waals surface area contributed by atoms with E-state index in [0.29, 0.717) is 0 Å². The summed E-state index contributed by atoms with van der Waals surface area (Å²) >= 11 is 0. The van der Waals surface area contributed by atoms with Crippen LogP contribution in [-0.4, -0.2) is 26.2 Å². The molecule has 128 valence electrons. The average Bonchev–Trinajstić information content (AvgIpc) is 2.63. The fourth-order valence-electron chi connectivity index (χ4n) is 2.80. The molecule has 2 aromatic carbocycles. The highest BCUT2D eigenvalue weighted by atomic mass is 15.1. The summed E-state index contributed by atoms with van der Waals surface area (Å²) in [6, 6.07) is 16.5. The van der Waals surface area contributed by atoms with Crippen molar-refractivity contribution in [1.82, 2.24) is 0 Å². The molecule has 2 aromatic rings. The van der Waals surface area contributed by atoms with Crippen molar-refractivity contribution in [2.45, 2.75) is 27.7 Å². The molecular weight excluding hydrogens is 296 g/mol. The molecule has 0 unspecified atom stereocenters. The van der Waals surface area contributed by atoms with Crippen molar-refractivity contribution >= 4 is 22.7 Å². The Morgan fingerprint density at radius 2 is 1.00 bits per heavy atom. The van der Waals surface area contributed by atoms with Crippen molar-refractivity contribution in [3.63, 3.8) is 0 Å². The summed E-state index contributed by atoms with van der Waals surface area (Å²) in [5.41, 5.74) is 4.14. The fourth-order valence-corrected chi connectivity index (χ4v) is 2.80. The molecular formula is C20H28N4. The van der Waals surface area contributed by atoms with Crippen LogP contribution in [0.4, 0.5) is 22.7 Å². The molecule has 0 radical (unpaired) electrons. The van der Waals surface area contributed by atoms with Gasteiger partial charge in [-0.1, -0.05) is 12.1 Å². The maximum absolute atomic E-state index is 4.42. The first-order chi connectivity index (χ1) is 11.7. The standard InChI is InChI=1S/C20H28N4/c1-5-23(6-2)19-13-9-11-17(15-19)21-22-18-12-10-14-20(16-18)24(7-3)8-4/h9-16H,5-8H2,1-4H3. The van der Waals surface area contributed by atoms with E-state index in [2.05, 4.69) is 72.0 Å². The summed E-state index contributed by atoms with van der Waals surface area (Å²) in [4.78, 5) is 4.61. The van der Waals surface area contributed by atoms with Gasteiger partial charge >= 0.3 is 0 Å². The van der Waals surface area contributed by atoms with E-state index in [1.54, 1.807) is 0 Å². The lowest BCUT2D eigenvalue weighted by molar-refractivity contribution is 0.865. The second kappa shape index (κ2) is 9.06. The Balaban J connectivity index is 2.19. The summed E-state index contributed by atoms with van der Waals surface area (Å²) in [5.74, 6) is 0. The van der Waals surface area contributed by atoms with Crippen LogP contribution in [0.3, 0.4) is 0 Å². The van der Waals surface area contributed by atoms with Crippen molar-refractivity contribution < 1.29 is 0 Å². The van der Waals surface area contributed by atoms with Gasteiger partial charge in [0.1, 0.15) is 0 Å². The highest BCUT2D eigenvalue weighted by molar-refractivity contribution is 5.57. The summed E-state index contributed by atoms with van der Waals surface area (Å²) in [7, 11) is 0. The maximum atomic E-state index is 4.42. The third-order valence-corrected chi connectivity index (χ3v) is 4.20. The number of nitrogens with zero attached hydrogens (tertiary/aromatic N) is 4. The van der Waals surface area contributed by atoms with Crippen LogP contribution in [0.25, 0.3) is 0 Å². The van der Waals surface area contributed by atoms with Gasteiger partial charge in [-0.05, 0) is 64.1 Å². The van der Waals surface area contributed by atoms with Gasteiger partial charge in [0.15, 0.2) is 0 Å². The first-order valence-electron chi connectivity index (χ1n) is 8.83. The zero-order valence-corrected chi connectivity index (χ0v) is 15.2. The molecule has 0 spiro atoms. The number of rotatable bonds is 8. The SMILES string of the molecule is CCN(CC)c1cccc(N=Nc2cccc(N(CC)CC)c2)c1. The molecule has 0 heterocycles. The van der Waals surface area contributed by atoms with Gasteiger partial charge in [-0.3, -0.25) is 0 Å². The Morgan fingerprint density at radius 3 is 1.33 bits per heavy atom. The Bertz CT molecular complexity index is 601. The van der Waals surface area contributed by atoms with Gasteiger partial charge in [0.05, 0.1) is 11.4 Å². The van der Waals surface area contributed by atoms with Gasteiger partial charge in [0.2, 0.25) is 0 Å². The van der Waals surface area contributed by atoms with E-state index >= 15 is 0 Å². The molecule has 0 fully saturated rings. The summed E-state index contributed by atoms with van der Waals surface area (Å²) in [6.45, 7) is 12.6. The zero-order chi connectivity index (χ0) is 17.4. The molecule has 0 atom stereocenters. The first kappa shape index (κ1) is 18.0. The van der Waals surface area contributed by atoms with E-state index in [-0.39, 0.29) is 0 Å². The smallest absolute Gasteiger partial charge is 0.0877 e. The zero-order valence-electron chi connectivity index (χ0n) is 15.2. The molecule has 0 aliphatic rings. The minimum absolute atomic E-state index is 0.882. The average molecular weight is 324 g/mol. The van der Waals surface area contributed by atoms with Gasteiger partial charge < -0.3 is 9.80 Å². The lowest BCUT2D eigenvalue weighted by Crippen LogP contribution is -2.21. The molecule has 4 heteroatoms. The van der Waals surface area contributed by atoms with Gasteiger partial charge in [-0.25, -0.2) is 0 Å². The first-order valence-corrected chi connectivity index (χ1v) is 8.83. The topological polar surface area (TPSA) is 31.2 Å². The second-order valence-electron chi connectivity index (χ2n) is 5.58. The van der Waals surface area contributed by atoms with Crippen LogP contribution >= 0.6 is 0 Å². The molecule has 2 rings (SSSR count). The molecule has 0 amide bonds. The Hall–Kier alpha value is -2.36. The molecule has 0 saturated heterocycles. The van der Waals surface area contributed by atoms with Crippen molar-refractivity contribution in [2.24, 2.45) is 10.2 Å². The molecule has 0 saturated carbocycles. The number of anilines is 2. The van der Waals surface area contributed by atoms with Gasteiger partial charge in [-0.15, -0.1) is 0 Å². The van der Waals surface area contributed by atoms with Crippen LogP contribution in [0.2, 0.25) is 0 Å². The molecule has 0 aliphatic heterocycles. The predicted octanol–water partition coefficient (Wildman–Crippen LogP) is 5.79. The van der Waals surface area contributed by atoms with Crippen molar-refractivity contribution in [3.05, 3.63) is 48.5 Å². The number of hydrogen-bond acceptors (Lipinski definition) is 4. The monoisotopic (exact) mass is 324 g/mol. The Labute approximate surface area is 145 Å². The molecule has 0 aromatic heterocycles. The van der Waals surface area contributed by atoms with Crippen LogP contribution in [0, 0.1) is 0 Å². The van der Waals surface area contributed by atoms with Gasteiger partial charge in [-0.2, -0.15) is 10.2 Å². The highest BCUT2D eigenvalue weighted by Crippen LogP contribution is 2.26. The normalized spacial score (nSPS) is 11.0. The van der Waals surface area contributed by atoms with Crippen molar-refractivity contribution in [1.29, 1.82) is 0 Å². The lowest BCUT2D eigenvalue weighted by Gasteiger charge is -2.21. The Kier molecular flexibility index (Phi) is 6.79. The minimum atomic E-state index is 0.882. The van der Waals surface area contributed by atoms with Crippen molar-refractivity contribution in [3.8, 4) is 0 Å². The van der Waals surface area contributed by atoms with Gasteiger partial charge in [0.25, 0.3) is 0 Å². The summed E-state index contributed by atoms with van der Waals surface area (Å²) in [6.07, 6.45) is 0. The number of azo groups is 1. The van der Waals surface area contributed by atoms with E-state index in [4.69, 9.17) is 0 Å². The number of benzene rings is 2. The molecule has 0 aliphatic carbocycles. The van der Waals surface area contributed by atoms with Crippen molar-refractivity contribution in [2.75, 3.05) is 36.0 Å². The fraction of sp³-hybridized carbons (Fsp3) is 0.400. The predicted molar refractivity (Wildman–Crippen MR) is 104 cm³/mol. The Morgan fingerprint density at radius 1 is 0.625 bits per heavy atom. The lowest BCUT2D eigenvalue weighted by atomic mass is 10.2. The quantitative estimate of drug-likeness (QED) is 0.575. The van der Waals surface area contributed by atoms with Crippen LogP contribution in [0.1, 0.15) is 27.7 Å². The number of hydrogen-bond donors (Lipinski definition) is 0. The van der Waals surface area contributed by atoms with Crippen LogP contribution in [-0.2, 0) is 0 Å². The van der Waals surface area contributed by atoms with Crippen LogP contribution in [0.15, 0.2) is 58.8 Å². The minimum Gasteiger partial charge on any atom is -0.372 e. The van der Waals surface area contributed by atoms with Crippen LogP contribution in [0.5, 0.6) is 0 Å². The molecule has 4 nitrogen and oxygen atoms in total. The van der Waals surface area contributed by atoms with E-state index in [0.717, 1.165) is 37.6 Å². The summed E-state index contributed by atoms with van der Waals surface area (Å²) in [5, 5.41) is 8.84. The largest absolute Gasteiger partial charge is 0.372 e. The molecule has 24 heavy (non-hydrogen) atoms. The molecule has 0 bridgehead atoms. The summed E-state index contributed by atoms with van der Waals surface area (Å²) < 4.78 is 0. The third-order valence-electron chi connectivity index (χ3n) is 4.20. The second-order valence-corrected chi connectivity index (χ2v) is 5.58. The van der Waals surface area contributed by atoms with E-state index in [1.807, 2.05) is 24.3 Å². The van der Waals surface area contributed by atoms with E-state index in [1.165, 1.54) is 11.4 Å². The van der Waals surface area contributed by atoms with Gasteiger partial charge in [0, 0.05) is 37.6 Å². The third kappa shape index (κ3) is 4.57.